The third-order valence-electron chi connectivity index (χ3n) is 2.14. The Morgan fingerprint density at radius 1 is 1.38 bits per heavy atom. The second-order valence-corrected chi connectivity index (χ2v) is 4.21. The van der Waals surface area contributed by atoms with Gasteiger partial charge in [-0.15, -0.1) is 11.8 Å². The van der Waals surface area contributed by atoms with Crippen molar-refractivity contribution in [2.45, 2.75) is 24.7 Å². The molecule has 0 spiro atoms. The van der Waals surface area contributed by atoms with E-state index in [1.165, 1.54) is 16.0 Å². The van der Waals surface area contributed by atoms with E-state index in [-0.39, 0.29) is 0 Å². The van der Waals surface area contributed by atoms with Gasteiger partial charge in [0.25, 0.3) is 0 Å². The minimum absolute atomic E-state index is 0.602. The average molecular weight is 192 g/mol. The molecule has 0 aromatic heterocycles. The van der Waals surface area contributed by atoms with Gasteiger partial charge in [0.05, 0.1) is 0 Å². The predicted octanol–water partition coefficient (Wildman–Crippen LogP) is 4.17. The van der Waals surface area contributed by atoms with Crippen molar-refractivity contribution in [2.24, 2.45) is 0 Å². The Kier molecular flexibility index (Phi) is 3.61. The molecule has 1 rings (SSSR count). The summed E-state index contributed by atoms with van der Waals surface area (Å²) in [4.78, 5) is 1.32. The molecule has 1 aromatic carbocycles. The van der Waals surface area contributed by atoms with Crippen LogP contribution < -0.4 is 0 Å². The molecule has 70 valence electrons. The van der Waals surface area contributed by atoms with Gasteiger partial charge >= 0.3 is 0 Å². The molecule has 1 aromatic rings. The summed E-state index contributed by atoms with van der Waals surface area (Å²) in [5.41, 5.74) is 2.63. The van der Waals surface area contributed by atoms with Gasteiger partial charge in [-0.05, 0) is 29.4 Å². The van der Waals surface area contributed by atoms with Gasteiger partial charge in [0.2, 0.25) is 0 Å². The summed E-state index contributed by atoms with van der Waals surface area (Å²) in [5, 5.41) is 0. The fourth-order valence-electron chi connectivity index (χ4n) is 1.26. The molecular formula is C12H16S. The van der Waals surface area contributed by atoms with Crippen LogP contribution in [0, 0.1) is 0 Å². The van der Waals surface area contributed by atoms with Crippen LogP contribution in [0.5, 0.6) is 0 Å². The molecule has 13 heavy (non-hydrogen) atoms. The number of rotatable bonds is 3. The lowest BCUT2D eigenvalue weighted by molar-refractivity contribution is 0.862. The van der Waals surface area contributed by atoms with Crippen LogP contribution in [0.25, 0.3) is 6.08 Å². The van der Waals surface area contributed by atoms with Gasteiger partial charge < -0.3 is 0 Å². The summed E-state index contributed by atoms with van der Waals surface area (Å²) < 4.78 is 0. The molecule has 0 atom stereocenters. The number of benzene rings is 1. The maximum absolute atomic E-state index is 3.80. The summed E-state index contributed by atoms with van der Waals surface area (Å²) in [7, 11) is 0. The predicted molar refractivity (Wildman–Crippen MR) is 62.4 cm³/mol. The topological polar surface area (TPSA) is 0 Å². The van der Waals surface area contributed by atoms with Crippen molar-refractivity contribution in [3.05, 3.63) is 35.9 Å². The van der Waals surface area contributed by atoms with Gasteiger partial charge in [-0.25, -0.2) is 0 Å². The smallest absolute Gasteiger partial charge is 0.0144 e. The molecule has 0 aliphatic rings. The van der Waals surface area contributed by atoms with Crippen LogP contribution in [0.1, 0.15) is 30.9 Å². The number of thioether (sulfide) groups is 1. The van der Waals surface area contributed by atoms with Crippen LogP contribution in [0.3, 0.4) is 0 Å². The zero-order valence-electron chi connectivity index (χ0n) is 8.50. The highest BCUT2D eigenvalue weighted by Crippen LogP contribution is 2.26. The highest BCUT2D eigenvalue weighted by Gasteiger charge is 2.02. The van der Waals surface area contributed by atoms with Crippen molar-refractivity contribution in [1.82, 2.24) is 0 Å². The summed E-state index contributed by atoms with van der Waals surface area (Å²) in [6, 6.07) is 6.59. The van der Waals surface area contributed by atoms with E-state index < -0.39 is 0 Å². The van der Waals surface area contributed by atoms with Gasteiger partial charge in [-0.3, -0.25) is 0 Å². The molecule has 0 fully saturated rings. The highest BCUT2D eigenvalue weighted by atomic mass is 32.2. The lowest BCUT2D eigenvalue weighted by atomic mass is 10.0. The normalized spacial score (nSPS) is 10.5. The third-order valence-corrected chi connectivity index (χ3v) is 2.94. The van der Waals surface area contributed by atoms with E-state index in [2.05, 4.69) is 44.9 Å². The standard InChI is InChI=1S/C12H16S/c1-5-10-6-7-11(9(2)3)8-12(10)13-4/h5-9H,1H2,2-4H3. The van der Waals surface area contributed by atoms with Crippen molar-refractivity contribution in [1.29, 1.82) is 0 Å². The minimum atomic E-state index is 0.602. The van der Waals surface area contributed by atoms with E-state index in [9.17, 15) is 0 Å². The Morgan fingerprint density at radius 3 is 2.54 bits per heavy atom. The van der Waals surface area contributed by atoms with Crippen LogP contribution in [0.4, 0.5) is 0 Å². The Balaban J connectivity index is 3.12. The fraction of sp³-hybridized carbons (Fsp3) is 0.333. The molecule has 0 nitrogen and oxygen atoms in total. The summed E-state index contributed by atoms with van der Waals surface area (Å²) in [6.07, 6.45) is 4.02. The van der Waals surface area contributed by atoms with Crippen molar-refractivity contribution < 1.29 is 0 Å². The van der Waals surface area contributed by atoms with E-state index >= 15 is 0 Å². The van der Waals surface area contributed by atoms with Crippen molar-refractivity contribution in [3.63, 3.8) is 0 Å². The van der Waals surface area contributed by atoms with Crippen LogP contribution in [-0.4, -0.2) is 6.26 Å². The van der Waals surface area contributed by atoms with Gasteiger partial charge in [0.1, 0.15) is 0 Å². The van der Waals surface area contributed by atoms with Crippen LogP contribution in [-0.2, 0) is 0 Å². The zero-order valence-corrected chi connectivity index (χ0v) is 9.32. The number of hydrogen-bond donors (Lipinski definition) is 0. The molecule has 0 heterocycles. The Hall–Kier alpha value is -0.690. The van der Waals surface area contributed by atoms with Crippen LogP contribution in [0.2, 0.25) is 0 Å². The fourth-order valence-corrected chi connectivity index (χ4v) is 1.90. The Labute approximate surface area is 85.1 Å². The quantitative estimate of drug-likeness (QED) is 0.647. The van der Waals surface area contributed by atoms with Gasteiger partial charge in [0, 0.05) is 4.90 Å². The van der Waals surface area contributed by atoms with E-state index in [1.807, 2.05) is 6.08 Å². The minimum Gasteiger partial charge on any atom is -0.129 e. The summed E-state index contributed by atoms with van der Waals surface area (Å²) >= 11 is 1.78. The lowest BCUT2D eigenvalue weighted by Gasteiger charge is -2.09. The molecule has 0 saturated heterocycles. The molecule has 0 radical (unpaired) electrons. The largest absolute Gasteiger partial charge is 0.129 e. The first kappa shape index (κ1) is 10.4. The third kappa shape index (κ3) is 2.38. The molecule has 0 aliphatic heterocycles. The van der Waals surface area contributed by atoms with Crippen molar-refractivity contribution in [3.8, 4) is 0 Å². The maximum Gasteiger partial charge on any atom is 0.0144 e. The van der Waals surface area contributed by atoms with E-state index in [0.717, 1.165) is 0 Å². The van der Waals surface area contributed by atoms with Gasteiger partial charge in [0.15, 0.2) is 0 Å². The lowest BCUT2D eigenvalue weighted by Crippen LogP contribution is -1.88. The average Bonchev–Trinajstić information content (AvgIpc) is 2.16. The maximum atomic E-state index is 3.80. The van der Waals surface area contributed by atoms with Crippen molar-refractivity contribution >= 4 is 17.8 Å². The van der Waals surface area contributed by atoms with Crippen LogP contribution in [0.15, 0.2) is 29.7 Å². The molecule has 0 N–H and O–H groups in total. The molecule has 0 bridgehead atoms. The SMILES string of the molecule is C=Cc1ccc(C(C)C)cc1SC. The van der Waals surface area contributed by atoms with Crippen molar-refractivity contribution in [2.75, 3.05) is 6.26 Å². The Bertz CT molecular complexity index is 300. The second-order valence-electron chi connectivity index (χ2n) is 3.36. The molecule has 1 heteroatoms. The van der Waals surface area contributed by atoms with Gasteiger partial charge in [-0.2, -0.15) is 0 Å². The summed E-state index contributed by atoms with van der Waals surface area (Å²) in [6.45, 7) is 8.23. The molecule has 0 amide bonds. The van der Waals surface area contributed by atoms with E-state index in [1.54, 1.807) is 11.8 Å². The second kappa shape index (κ2) is 4.52. The Morgan fingerprint density at radius 2 is 2.08 bits per heavy atom. The summed E-state index contributed by atoms with van der Waals surface area (Å²) in [5.74, 6) is 0.602. The first-order chi connectivity index (χ1) is 6.19. The monoisotopic (exact) mass is 192 g/mol. The van der Waals surface area contributed by atoms with E-state index in [4.69, 9.17) is 0 Å². The van der Waals surface area contributed by atoms with Crippen LogP contribution >= 0.6 is 11.8 Å². The van der Waals surface area contributed by atoms with Gasteiger partial charge in [-0.1, -0.05) is 38.6 Å². The molecular weight excluding hydrogens is 176 g/mol. The highest BCUT2D eigenvalue weighted by molar-refractivity contribution is 7.98. The molecule has 0 unspecified atom stereocenters. The first-order valence-electron chi connectivity index (χ1n) is 4.49. The molecule has 0 saturated carbocycles. The van der Waals surface area contributed by atoms with E-state index in [0.29, 0.717) is 5.92 Å². The first-order valence-corrected chi connectivity index (χ1v) is 5.72. The molecule has 0 aliphatic carbocycles. The number of hydrogen-bond acceptors (Lipinski definition) is 1. The zero-order chi connectivity index (χ0) is 9.84.